The van der Waals surface area contributed by atoms with Crippen molar-refractivity contribution in [2.45, 2.75) is 0 Å². The molecule has 4 N–H and O–H groups in total. The van der Waals surface area contributed by atoms with E-state index in [9.17, 15) is 4.79 Å². The quantitative estimate of drug-likeness (QED) is 0.333. The van der Waals surface area contributed by atoms with Crippen LogP contribution in [0, 0.1) is 0 Å². The van der Waals surface area contributed by atoms with Crippen molar-refractivity contribution < 1.29 is 9.90 Å². The van der Waals surface area contributed by atoms with E-state index in [-0.39, 0.29) is 10.7 Å². The SMILES string of the molecule is O=C(O)c1cccc(NC(=S)N/N=C/c2c[nH]c3ccccc23)c1. The van der Waals surface area contributed by atoms with Crippen molar-refractivity contribution in [2.24, 2.45) is 5.10 Å². The number of nitrogens with zero attached hydrogens (tertiary/aromatic N) is 1. The Balaban J connectivity index is 1.63. The number of aromatic nitrogens is 1. The number of H-pyrrole nitrogens is 1. The van der Waals surface area contributed by atoms with Gasteiger partial charge in [0, 0.05) is 28.4 Å². The first-order chi connectivity index (χ1) is 11.6. The van der Waals surface area contributed by atoms with Gasteiger partial charge in [0.15, 0.2) is 5.11 Å². The van der Waals surface area contributed by atoms with Crippen LogP contribution >= 0.6 is 12.2 Å². The van der Waals surface area contributed by atoms with E-state index in [1.165, 1.54) is 12.1 Å². The summed E-state index contributed by atoms with van der Waals surface area (Å²) in [5.41, 5.74) is 5.45. The molecule has 0 aliphatic rings. The second kappa shape index (κ2) is 6.93. The van der Waals surface area contributed by atoms with Crippen LogP contribution in [0.4, 0.5) is 5.69 Å². The van der Waals surface area contributed by atoms with E-state index in [4.69, 9.17) is 17.3 Å². The second-order valence-electron chi connectivity index (χ2n) is 5.00. The molecule has 0 spiro atoms. The van der Waals surface area contributed by atoms with Crippen LogP contribution in [0.1, 0.15) is 15.9 Å². The fourth-order valence-electron chi connectivity index (χ4n) is 2.25. The molecule has 6 nitrogen and oxygen atoms in total. The molecule has 0 fully saturated rings. The Labute approximate surface area is 143 Å². The van der Waals surface area contributed by atoms with Crippen molar-refractivity contribution in [3.8, 4) is 0 Å². The molecule has 2 aromatic carbocycles. The minimum absolute atomic E-state index is 0.185. The molecule has 1 aromatic heterocycles. The third kappa shape index (κ3) is 3.58. The Morgan fingerprint density at radius 1 is 1.21 bits per heavy atom. The van der Waals surface area contributed by atoms with Gasteiger partial charge in [-0.1, -0.05) is 24.3 Å². The zero-order valence-electron chi connectivity index (χ0n) is 12.5. The molecule has 0 aliphatic carbocycles. The van der Waals surface area contributed by atoms with E-state index in [1.807, 2.05) is 30.5 Å². The van der Waals surface area contributed by atoms with Crippen LogP contribution in [0.15, 0.2) is 59.8 Å². The van der Waals surface area contributed by atoms with E-state index in [2.05, 4.69) is 20.8 Å². The number of thiocarbonyl (C=S) groups is 1. The Morgan fingerprint density at radius 2 is 2.04 bits per heavy atom. The van der Waals surface area contributed by atoms with Crippen molar-refractivity contribution in [1.29, 1.82) is 0 Å². The highest BCUT2D eigenvalue weighted by Crippen LogP contribution is 2.15. The maximum absolute atomic E-state index is 10.9. The van der Waals surface area contributed by atoms with Crippen LogP contribution in [0.25, 0.3) is 10.9 Å². The number of hydrogen-bond donors (Lipinski definition) is 4. The van der Waals surface area contributed by atoms with Gasteiger partial charge in [-0.15, -0.1) is 0 Å². The Hall–Kier alpha value is -3.19. The molecule has 0 unspecified atom stereocenters. The normalized spacial score (nSPS) is 10.8. The molecular formula is C17H14N4O2S. The minimum Gasteiger partial charge on any atom is -0.478 e. The Kier molecular flexibility index (Phi) is 4.53. The van der Waals surface area contributed by atoms with Crippen molar-refractivity contribution in [1.82, 2.24) is 10.4 Å². The zero-order chi connectivity index (χ0) is 16.9. The van der Waals surface area contributed by atoms with E-state index in [0.717, 1.165) is 16.5 Å². The number of para-hydroxylation sites is 1. The summed E-state index contributed by atoms with van der Waals surface area (Å²) in [4.78, 5) is 14.1. The Bertz CT molecular complexity index is 933. The van der Waals surface area contributed by atoms with E-state index < -0.39 is 5.97 Å². The molecule has 0 radical (unpaired) electrons. The third-order valence-corrected chi connectivity index (χ3v) is 3.55. The number of aromatic carboxylic acids is 1. The molecule has 0 aliphatic heterocycles. The first-order valence-electron chi connectivity index (χ1n) is 7.13. The lowest BCUT2D eigenvalue weighted by molar-refractivity contribution is 0.0697. The highest BCUT2D eigenvalue weighted by molar-refractivity contribution is 7.80. The maximum Gasteiger partial charge on any atom is 0.335 e. The molecule has 0 atom stereocenters. The van der Waals surface area contributed by atoms with E-state index >= 15 is 0 Å². The summed E-state index contributed by atoms with van der Waals surface area (Å²) < 4.78 is 0. The molecule has 7 heteroatoms. The third-order valence-electron chi connectivity index (χ3n) is 3.36. The lowest BCUT2D eigenvalue weighted by atomic mass is 10.2. The number of carboxylic acid groups (broad SMARTS) is 1. The number of fused-ring (bicyclic) bond motifs is 1. The van der Waals surface area contributed by atoms with Crippen LogP contribution < -0.4 is 10.7 Å². The number of rotatable bonds is 4. The number of aromatic amines is 1. The van der Waals surface area contributed by atoms with Crippen LogP contribution in [0.5, 0.6) is 0 Å². The highest BCUT2D eigenvalue weighted by Gasteiger charge is 2.04. The first kappa shape index (κ1) is 15.7. The second-order valence-corrected chi connectivity index (χ2v) is 5.41. The molecular weight excluding hydrogens is 324 g/mol. The number of carbonyl (C=O) groups is 1. The van der Waals surface area contributed by atoms with Crippen molar-refractivity contribution >= 4 is 46.1 Å². The summed E-state index contributed by atoms with van der Waals surface area (Å²) in [6, 6.07) is 14.3. The van der Waals surface area contributed by atoms with Gasteiger partial charge in [0.2, 0.25) is 0 Å². The molecule has 3 rings (SSSR count). The number of nitrogens with one attached hydrogen (secondary N) is 3. The number of carboxylic acids is 1. The smallest absolute Gasteiger partial charge is 0.335 e. The summed E-state index contributed by atoms with van der Waals surface area (Å²) in [6.07, 6.45) is 3.53. The lowest BCUT2D eigenvalue weighted by Gasteiger charge is -2.07. The van der Waals surface area contributed by atoms with Crippen LogP contribution in [-0.2, 0) is 0 Å². The van der Waals surface area contributed by atoms with Gasteiger partial charge in [0.05, 0.1) is 11.8 Å². The van der Waals surface area contributed by atoms with Gasteiger partial charge in [-0.05, 0) is 36.5 Å². The summed E-state index contributed by atoms with van der Waals surface area (Å²) >= 11 is 5.14. The summed E-state index contributed by atoms with van der Waals surface area (Å²) in [7, 11) is 0. The molecule has 120 valence electrons. The monoisotopic (exact) mass is 338 g/mol. The van der Waals surface area contributed by atoms with Gasteiger partial charge in [0.25, 0.3) is 0 Å². The topological polar surface area (TPSA) is 89.5 Å². The molecule has 0 saturated carbocycles. The molecule has 0 bridgehead atoms. The fraction of sp³-hybridized carbons (Fsp3) is 0. The summed E-state index contributed by atoms with van der Waals surface area (Å²) in [6.45, 7) is 0. The van der Waals surface area contributed by atoms with Gasteiger partial charge in [-0.2, -0.15) is 5.10 Å². The van der Waals surface area contributed by atoms with E-state index in [0.29, 0.717) is 5.69 Å². The average Bonchev–Trinajstić information content (AvgIpc) is 2.98. The van der Waals surface area contributed by atoms with Crippen molar-refractivity contribution in [2.75, 3.05) is 5.32 Å². The predicted molar refractivity (Wildman–Crippen MR) is 98.7 cm³/mol. The largest absolute Gasteiger partial charge is 0.478 e. The molecule has 1 heterocycles. The van der Waals surface area contributed by atoms with Crippen LogP contribution in [0.3, 0.4) is 0 Å². The van der Waals surface area contributed by atoms with Gasteiger partial charge < -0.3 is 15.4 Å². The summed E-state index contributed by atoms with van der Waals surface area (Å²) in [5, 5.41) is 17.3. The van der Waals surface area contributed by atoms with Gasteiger partial charge in [-0.25, -0.2) is 4.79 Å². The van der Waals surface area contributed by atoms with Gasteiger partial charge >= 0.3 is 5.97 Å². The zero-order valence-corrected chi connectivity index (χ0v) is 13.3. The van der Waals surface area contributed by atoms with Crippen molar-refractivity contribution in [3.05, 3.63) is 65.9 Å². The lowest BCUT2D eigenvalue weighted by Crippen LogP contribution is -2.23. The van der Waals surface area contributed by atoms with Gasteiger partial charge in [-0.3, -0.25) is 5.43 Å². The first-order valence-corrected chi connectivity index (χ1v) is 7.54. The number of benzene rings is 2. The Morgan fingerprint density at radius 3 is 2.88 bits per heavy atom. The van der Waals surface area contributed by atoms with Gasteiger partial charge in [0.1, 0.15) is 0 Å². The van der Waals surface area contributed by atoms with E-state index in [1.54, 1.807) is 18.3 Å². The summed E-state index contributed by atoms with van der Waals surface area (Å²) in [5.74, 6) is -0.991. The molecule has 3 aromatic rings. The fourth-order valence-corrected chi connectivity index (χ4v) is 2.42. The molecule has 0 saturated heterocycles. The van der Waals surface area contributed by atoms with Crippen LogP contribution in [-0.4, -0.2) is 27.4 Å². The average molecular weight is 338 g/mol. The molecule has 24 heavy (non-hydrogen) atoms. The maximum atomic E-state index is 10.9. The predicted octanol–water partition coefficient (Wildman–Crippen LogP) is 3.19. The highest BCUT2D eigenvalue weighted by atomic mass is 32.1. The number of hydrazone groups is 1. The number of anilines is 1. The molecule has 0 amide bonds. The van der Waals surface area contributed by atoms with Crippen molar-refractivity contribution in [3.63, 3.8) is 0 Å². The standard InChI is InChI=1S/C17H14N4O2S/c22-16(23)11-4-3-5-13(8-11)20-17(24)21-19-10-12-9-18-15-7-2-1-6-14(12)15/h1-10,18H,(H,22,23)(H2,20,21,24)/b19-10+. The van der Waals surface area contributed by atoms with Crippen LogP contribution in [0.2, 0.25) is 0 Å². The number of hydrogen-bond acceptors (Lipinski definition) is 3. The minimum atomic E-state index is -0.991.